The highest BCUT2D eigenvalue weighted by Crippen LogP contribution is 2.48. The smallest absolute Gasteiger partial charge is 0.164 e. The fourth-order valence-electron chi connectivity index (χ4n) is 9.10. The van der Waals surface area contributed by atoms with E-state index in [9.17, 15) is 0 Å². The van der Waals surface area contributed by atoms with E-state index in [1.165, 1.54) is 53.2 Å². The van der Waals surface area contributed by atoms with Crippen LogP contribution >= 0.6 is 11.3 Å². The highest BCUT2D eigenvalue weighted by atomic mass is 32.1. The van der Waals surface area contributed by atoms with Crippen LogP contribution < -0.4 is 0 Å². The van der Waals surface area contributed by atoms with E-state index >= 15 is 0 Å². The minimum absolute atomic E-state index is 0.00580. The van der Waals surface area contributed by atoms with Crippen LogP contribution in [0.1, 0.15) is 29.0 Å². The molecule has 0 saturated carbocycles. The Hall–Kier alpha value is -6.95. The molecule has 268 valence electrons. The summed E-state index contributed by atoms with van der Waals surface area (Å²) in [4.78, 5) is 15.8. The average Bonchev–Trinajstić information content (AvgIpc) is 3.80. The molecule has 1 unspecified atom stereocenters. The van der Waals surface area contributed by atoms with Crippen molar-refractivity contribution in [3.63, 3.8) is 0 Å². The number of hydrogen-bond acceptors (Lipinski definition) is 5. The summed E-state index contributed by atoms with van der Waals surface area (Å²) in [6, 6.07) is 60.6. The van der Waals surface area contributed by atoms with Crippen LogP contribution in [0.2, 0.25) is 0 Å². The lowest BCUT2D eigenvalue weighted by molar-refractivity contribution is 0.647. The Kier molecular flexibility index (Phi) is 7.26. The molecule has 0 saturated heterocycles. The lowest BCUT2D eigenvalue weighted by Gasteiger charge is -2.22. The molecule has 4 nitrogen and oxygen atoms in total. The fourth-order valence-corrected chi connectivity index (χ4v) is 10.2. The standard InChI is InChI=1S/C52H33N3OS/c1-2-12-31(13-3-1)50-53-51(35-23-24-40-39-19-9-11-21-46(39)57-47(40)30-35)55-52(54-50)43-27-26-42-38-18-8-10-20-45(38)56-49(42)48(43)41-25-22-34-28-32-14-4-5-15-33(32)29-44(34)37-17-7-6-16-36(37)41/h1-21,23-24,26-30,41H,22,25H2. The summed E-state index contributed by atoms with van der Waals surface area (Å²) in [7, 11) is 0. The van der Waals surface area contributed by atoms with Crippen molar-refractivity contribution < 1.29 is 4.42 Å². The highest BCUT2D eigenvalue weighted by Gasteiger charge is 2.30. The lowest BCUT2D eigenvalue weighted by Crippen LogP contribution is -2.07. The number of thiophene rings is 1. The molecule has 3 heterocycles. The molecule has 57 heavy (non-hydrogen) atoms. The number of benzene rings is 8. The van der Waals surface area contributed by atoms with Gasteiger partial charge >= 0.3 is 0 Å². The number of aryl methyl sites for hydroxylation is 1. The number of rotatable bonds is 4. The molecule has 1 atom stereocenters. The molecule has 0 fully saturated rings. The maximum absolute atomic E-state index is 6.93. The molecule has 1 aliphatic rings. The normalized spacial score (nSPS) is 14.0. The van der Waals surface area contributed by atoms with Crippen molar-refractivity contribution in [1.29, 1.82) is 0 Å². The van der Waals surface area contributed by atoms with Crippen molar-refractivity contribution in [2.24, 2.45) is 0 Å². The molecule has 11 aromatic rings. The third-order valence-corrected chi connectivity index (χ3v) is 12.9. The number of para-hydroxylation sites is 1. The van der Waals surface area contributed by atoms with Crippen molar-refractivity contribution in [1.82, 2.24) is 15.0 Å². The number of nitrogens with zero attached hydrogens (tertiary/aromatic N) is 3. The molecule has 0 N–H and O–H groups in total. The Bertz CT molecular complexity index is 3380. The molecule has 8 aromatic carbocycles. The molecule has 0 aliphatic heterocycles. The molecular weight excluding hydrogens is 715 g/mol. The largest absolute Gasteiger partial charge is 0.456 e. The van der Waals surface area contributed by atoms with E-state index in [-0.39, 0.29) is 5.92 Å². The van der Waals surface area contributed by atoms with Crippen molar-refractivity contribution in [2.45, 2.75) is 18.8 Å². The zero-order valence-corrected chi connectivity index (χ0v) is 31.6. The molecule has 0 radical (unpaired) electrons. The van der Waals surface area contributed by atoms with Gasteiger partial charge in [-0.2, -0.15) is 0 Å². The van der Waals surface area contributed by atoms with Crippen molar-refractivity contribution in [3.05, 3.63) is 187 Å². The number of fused-ring (bicyclic) bond motifs is 10. The monoisotopic (exact) mass is 747 g/mol. The zero-order valence-electron chi connectivity index (χ0n) is 30.8. The summed E-state index contributed by atoms with van der Waals surface area (Å²) in [5.74, 6) is 1.93. The van der Waals surface area contributed by atoms with Gasteiger partial charge in [-0.15, -0.1) is 11.3 Å². The summed E-state index contributed by atoms with van der Waals surface area (Å²) in [5, 5.41) is 7.25. The van der Waals surface area contributed by atoms with Gasteiger partial charge < -0.3 is 4.42 Å². The molecular formula is C52H33N3OS. The topological polar surface area (TPSA) is 51.8 Å². The SMILES string of the molecule is c1ccc(-c2nc(-c3ccc4c(c3)sc3ccccc34)nc(-c3ccc4c(oc5ccccc54)c3C3CCc4cc5ccccc5cc4-c4ccccc43)n2)cc1. The maximum Gasteiger partial charge on any atom is 0.164 e. The van der Waals surface area contributed by atoms with Crippen LogP contribution in [0.15, 0.2) is 174 Å². The second-order valence-corrected chi connectivity index (χ2v) is 16.1. The van der Waals surface area contributed by atoms with Crippen molar-refractivity contribution >= 4 is 64.2 Å². The third kappa shape index (κ3) is 5.23. The Morgan fingerprint density at radius 2 is 1.16 bits per heavy atom. The van der Waals surface area contributed by atoms with E-state index in [1.54, 1.807) is 11.3 Å². The van der Waals surface area contributed by atoms with Gasteiger partial charge in [0, 0.05) is 59.1 Å². The first-order valence-electron chi connectivity index (χ1n) is 19.5. The van der Waals surface area contributed by atoms with E-state index in [0.29, 0.717) is 17.5 Å². The fraction of sp³-hybridized carbons (Fsp3) is 0.0577. The Balaban J connectivity index is 1.12. The van der Waals surface area contributed by atoms with E-state index in [1.807, 2.05) is 24.3 Å². The van der Waals surface area contributed by atoms with Gasteiger partial charge in [-0.3, -0.25) is 0 Å². The number of aromatic nitrogens is 3. The summed E-state index contributed by atoms with van der Waals surface area (Å²) >= 11 is 1.80. The van der Waals surface area contributed by atoms with Crippen LogP contribution in [-0.2, 0) is 6.42 Å². The first kappa shape index (κ1) is 32.3. The second kappa shape index (κ2) is 12.8. The summed E-state index contributed by atoms with van der Waals surface area (Å²) in [6.07, 6.45) is 1.82. The van der Waals surface area contributed by atoms with E-state index in [0.717, 1.165) is 57.0 Å². The molecule has 3 aromatic heterocycles. The van der Waals surface area contributed by atoms with Crippen LogP contribution in [0.25, 0.3) is 98.2 Å². The van der Waals surface area contributed by atoms with Gasteiger partial charge in [0.1, 0.15) is 11.2 Å². The quantitative estimate of drug-likeness (QED) is 0.180. The van der Waals surface area contributed by atoms with Gasteiger partial charge in [-0.05, 0) is 82.3 Å². The molecule has 0 spiro atoms. The predicted octanol–water partition coefficient (Wildman–Crippen LogP) is 14.0. The van der Waals surface area contributed by atoms with E-state index < -0.39 is 0 Å². The molecule has 1 aliphatic carbocycles. The third-order valence-electron chi connectivity index (χ3n) is 11.8. The zero-order chi connectivity index (χ0) is 37.5. The molecule has 0 amide bonds. The first-order chi connectivity index (χ1) is 28.2. The Morgan fingerprint density at radius 1 is 0.474 bits per heavy atom. The summed E-state index contributed by atoms with van der Waals surface area (Å²) < 4.78 is 9.42. The van der Waals surface area contributed by atoms with Crippen LogP contribution in [0, 0.1) is 0 Å². The van der Waals surface area contributed by atoms with Gasteiger partial charge in [-0.1, -0.05) is 133 Å². The van der Waals surface area contributed by atoms with E-state index in [2.05, 4.69) is 146 Å². The van der Waals surface area contributed by atoms with Crippen LogP contribution in [0.3, 0.4) is 0 Å². The highest BCUT2D eigenvalue weighted by molar-refractivity contribution is 7.25. The van der Waals surface area contributed by atoms with Gasteiger partial charge in [0.25, 0.3) is 0 Å². The summed E-state index contributed by atoms with van der Waals surface area (Å²) in [6.45, 7) is 0. The maximum atomic E-state index is 6.93. The molecule has 5 heteroatoms. The summed E-state index contributed by atoms with van der Waals surface area (Å²) in [5.41, 5.74) is 11.0. The Labute approximate surface area is 332 Å². The van der Waals surface area contributed by atoms with Gasteiger partial charge in [0.15, 0.2) is 17.5 Å². The van der Waals surface area contributed by atoms with E-state index in [4.69, 9.17) is 19.4 Å². The van der Waals surface area contributed by atoms with Crippen molar-refractivity contribution in [3.8, 4) is 45.3 Å². The Morgan fingerprint density at radius 3 is 2.05 bits per heavy atom. The second-order valence-electron chi connectivity index (χ2n) is 15.0. The van der Waals surface area contributed by atoms with Gasteiger partial charge in [0.2, 0.25) is 0 Å². The van der Waals surface area contributed by atoms with Crippen molar-refractivity contribution in [2.75, 3.05) is 0 Å². The van der Waals surface area contributed by atoms with Gasteiger partial charge in [0.05, 0.1) is 0 Å². The molecule has 0 bridgehead atoms. The predicted molar refractivity (Wildman–Crippen MR) is 236 cm³/mol. The van der Waals surface area contributed by atoms with Crippen LogP contribution in [0.5, 0.6) is 0 Å². The number of hydrogen-bond donors (Lipinski definition) is 0. The average molecular weight is 748 g/mol. The van der Waals surface area contributed by atoms with Crippen LogP contribution in [0.4, 0.5) is 0 Å². The minimum atomic E-state index is 0.00580. The van der Waals surface area contributed by atoms with Gasteiger partial charge in [-0.25, -0.2) is 15.0 Å². The lowest BCUT2D eigenvalue weighted by atomic mass is 9.82. The first-order valence-corrected chi connectivity index (χ1v) is 20.3. The molecule has 12 rings (SSSR count). The minimum Gasteiger partial charge on any atom is -0.456 e. The number of furan rings is 1. The van der Waals surface area contributed by atoms with Crippen LogP contribution in [-0.4, -0.2) is 15.0 Å².